The fourth-order valence-corrected chi connectivity index (χ4v) is 0.815. The predicted molar refractivity (Wildman–Crippen MR) is 47.7 cm³/mol. The van der Waals surface area contributed by atoms with Crippen molar-refractivity contribution in [2.45, 2.75) is 6.04 Å². The Labute approximate surface area is 76.6 Å². The molecule has 0 saturated heterocycles. The van der Waals surface area contributed by atoms with E-state index in [4.69, 9.17) is 10.8 Å². The van der Waals surface area contributed by atoms with Crippen molar-refractivity contribution in [1.82, 2.24) is 0 Å². The third kappa shape index (κ3) is 2.77. The second kappa shape index (κ2) is 5.09. The lowest BCUT2D eigenvalue weighted by Crippen LogP contribution is -2.14. The van der Waals surface area contributed by atoms with Crippen LogP contribution in [0.3, 0.4) is 0 Å². The lowest BCUT2D eigenvalue weighted by Gasteiger charge is -2.06. The number of benzene rings is 1. The van der Waals surface area contributed by atoms with Crippen LogP contribution in [0.4, 0.5) is 4.39 Å². The molecule has 1 aromatic rings. The lowest BCUT2D eigenvalue weighted by atomic mass is 10.1. The van der Waals surface area contributed by atoms with Crippen LogP contribution in [0.2, 0.25) is 0 Å². The molecule has 0 unspecified atom stereocenters. The minimum atomic E-state index is -0.407. The summed E-state index contributed by atoms with van der Waals surface area (Å²) in [5.41, 5.74) is 6.22. The maximum Gasteiger partial charge on any atom is 0.123 e. The zero-order chi connectivity index (χ0) is 8.27. The summed E-state index contributed by atoms with van der Waals surface area (Å²) in [6, 6.07) is 5.37. The Morgan fingerprint density at radius 2 is 1.83 bits per heavy atom. The predicted octanol–water partition coefficient (Wildman–Crippen LogP) is 1.24. The Morgan fingerprint density at radius 1 is 1.33 bits per heavy atom. The van der Waals surface area contributed by atoms with Crippen LogP contribution >= 0.6 is 12.4 Å². The summed E-state index contributed by atoms with van der Waals surface area (Å²) >= 11 is 0. The van der Waals surface area contributed by atoms with E-state index in [2.05, 4.69) is 0 Å². The van der Waals surface area contributed by atoms with Gasteiger partial charge in [-0.05, 0) is 17.7 Å². The summed E-state index contributed by atoms with van der Waals surface area (Å²) in [4.78, 5) is 0. The third-order valence-electron chi connectivity index (χ3n) is 1.49. The molecule has 0 bridgehead atoms. The van der Waals surface area contributed by atoms with Crippen LogP contribution in [0.5, 0.6) is 0 Å². The molecule has 0 aliphatic rings. The van der Waals surface area contributed by atoms with E-state index < -0.39 is 6.04 Å². The minimum Gasteiger partial charge on any atom is -0.394 e. The zero-order valence-electron chi connectivity index (χ0n) is 6.40. The Morgan fingerprint density at radius 3 is 2.25 bits per heavy atom. The quantitative estimate of drug-likeness (QED) is 0.739. The molecule has 0 saturated carbocycles. The second-order valence-corrected chi connectivity index (χ2v) is 2.34. The van der Waals surface area contributed by atoms with Crippen LogP contribution < -0.4 is 5.73 Å². The number of hydrogen-bond acceptors (Lipinski definition) is 2. The molecule has 0 heterocycles. The Hall–Kier alpha value is -0.640. The summed E-state index contributed by atoms with van der Waals surface area (Å²) in [7, 11) is 0. The van der Waals surface area contributed by atoms with Crippen molar-refractivity contribution in [2.75, 3.05) is 6.61 Å². The fraction of sp³-hybridized carbons (Fsp3) is 0.250. The molecule has 1 aromatic carbocycles. The van der Waals surface area contributed by atoms with Crippen LogP contribution in [0.15, 0.2) is 24.3 Å². The van der Waals surface area contributed by atoms with Gasteiger partial charge in [-0.3, -0.25) is 0 Å². The molecular formula is C8H11ClFNO. The number of rotatable bonds is 2. The number of halogens is 2. The highest BCUT2D eigenvalue weighted by atomic mass is 35.5. The summed E-state index contributed by atoms with van der Waals surface area (Å²) in [5.74, 6) is -0.293. The summed E-state index contributed by atoms with van der Waals surface area (Å²) in [6.07, 6.45) is 0. The van der Waals surface area contributed by atoms with Gasteiger partial charge in [-0.25, -0.2) is 4.39 Å². The molecule has 0 radical (unpaired) electrons. The highest BCUT2D eigenvalue weighted by molar-refractivity contribution is 5.85. The molecule has 0 spiro atoms. The van der Waals surface area contributed by atoms with Gasteiger partial charge in [-0.2, -0.15) is 0 Å². The SMILES string of the molecule is Cl.N[C@@H](CO)c1ccc(F)cc1. The molecule has 12 heavy (non-hydrogen) atoms. The van der Waals surface area contributed by atoms with E-state index in [-0.39, 0.29) is 24.8 Å². The first kappa shape index (κ1) is 11.4. The molecule has 1 atom stereocenters. The van der Waals surface area contributed by atoms with Gasteiger partial charge in [0.25, 0.3) is 0 Å². The van der Waals surface area contributed by atoms with Gasteiger partial charge in [0.05, 0.1) is 12.6 Å². The minimum absolute atomic E-state index is 0. The van der Waals surface area contributed by atoms with Gasteiger partial charge in [-0.1, -0.05) is 12.1 Å². The number of hydrogen-bond donors (Lipinski definition) is 2. The first-order valence-corrected chi connectivity index (χ1v) is 3.36. The van der Waals surface area contributed by atoms with Crippen LogP contribution in [0.1, 0.15) is 11.6 Å². The zero-order valence-corrected chi connectivity index (χ0v) is 7.22. The molecule has 0 aromatic heterocycles. The molecular weight excluding hydrogens is 181 g/mol. The topological polar surface area (TPSA) is 46.2 Å². The summed E-state index contributed by atoms with van der Waals surface area (Å²) in [5, 5.41) is 8.64. The van der Waals surface area contributed by atoms with E-state index in [0.29, 0.717) is 0 Å². The number of nitrogens with two attached hydrogens (primary N) is 1. The lowest BCUT2D eigenvalue weighted by molar-refractivity contribution is 0.268. The maximum absolute atomic E-state index is 12.4. The first-order valence-electron chi connectivity index (χ1n) is 3.36. The number of aliphatic hydroxyl groups excluding tert-OH is 1. The molecule has 3 N–H and O–H groups in total. The monoisotopic (exact) mass is 191 g/mol. The Balaban J connectivity index is 0.00000121. The highest BCUT2D eigenvalue weighted by Gasteiger charge is 2.02. The number of aliphatic hydroxyl groups is 1. The Bertz CT molecular complexity index is 227. The summed E-state index contributed by atoms with van der Waals surface area (Å²) in [6.45, 7) is -0.119. The van der Waals surface area contributed by atoms with E-state index in [0.717, 1.165) is 5.56 Å². The van der Waals surface area contributed by atoms with Gasteiger partial charge < -0.3 is 10.8 Å². The molecule has 4 heteroatoms. The molecule has 68 valence electrons. The standard InChI is InChI=1S/C8H10FNO.ClH/c9-7-3-1-6(2-4-7)8(10)5-11;/h1-4,8,11H,5,10H2;1H/t8-;/m0./s1. The van der Waals surface area contributed by atoms with E-state index in [1.165, 1.54) is 12.1 Å². The van der Waals surface area contributed by atoms with Crippen molar-refractivity contribution in [2.24, 2.45) is 5.73 Å². The van der Waals surface area contributed by atoms with Crippen LogP contribution in [0.25, 0.3) is 0 Å². The highest BCUT2D eigenvalue weighted by Crippen LogP contribution is 2.09. The fourth-order valence-electron chi connectivity index (χ4n) is 0.815. The molecule has 0 aliphatic heterocycles. The second-order valence-electron chi connectivity index (χ2n) is 2.34. The summed E-state index contributed by atoms with van der Waals surface area (Å²) < 4.78 is 12.4. The first-order chi connectivity index (χ1) is 5.24. The van der Waals surface area contributed by atoms with Crippen molar-refractivity contribution in [1.29, 1.82) is 0 Å². The van der Waals surface area contributed by atoms with Crippen LogP contribution in [-0.4, -0.2) is 11.7 Å². The molecule has 2 nitrogen and oxygen atoms in total. The average molecular weight is 192 g/mol. The van der Waals surface area contributed by atoms with E-state index in [1.807, 2.05) is 0 Å². The van der Waals surface area contributed by atoms with Gasteiger partial charge in [0, 0.05) is 0 Å². The average Bonchev–Trinajstić information content (AvgIpc) is 2.05. The maximum atomic E-state index is 12.4. The third-order valence-corrected chi connectivity index (χ3v) is 1.49. The normalized spacial score (nSPS) is 11.9. The van der Waals surface area contributed by atoms with Gasteiger partial charge >= 0.3 is 0 Å². The van der Waals surface area contributed by atoms with Crippen molar-refractivity contribution in [3.05, 3.63) is 35.6 Å². The Kier molecular flexibility index (Phi) is 4.81. The van der Waals surface area contributed by atoms with Gasteiger partial charge in [0.2, 0.25) is 0 Å². The van der Waals surface area contributed by atoms with E-state index >= 15 is 0 Å². The molecule has 0 fully saturated rings. The van der Waals surface area contributed by atoms with Crippen molar-refractivity contribution in [3.8, 4) is 0 Å². The smallest absolute Gasteiger partial charge is 0.123 e. The largest absolute Gasteiger partial charge is 0.394 e. The molecule has 1 rings (SSSR count). The van der Waals surface area contributed by atoms with Crippen LogP contribution in [0, 0.1) is 5.82 Å². The van der Waals surface area contributed by atoms with E-state index in [9.17, 15) is 4.39 Å². The van der Waals surface area contributed by atoms with Crippen molar-refractivity contribution in [3.63, 3.8) is 0 Å². The van der Waals surface area contributed by atoms with Gasteiger partial charge in [-0.15, -0.1) is 12.4 Å². The molecule has 0 aliphatic carbocycles. The van der Waals surface area contributed by atoms with Crippen molar-refractivity contribution < 1.29 is 9.50 Å². The van der Waals surface area contributed by atoms with Crippen molar-refractivity contribution >= 4 is 12.4 Å². The molecule has 0 amide bonds. The van der Waals surface area contributed by atoms with Gasteiger partial charge in [0.1, 0.15) is 5.82 Å². The van der Waals surface area contributed by atoms with Crippen LogP contribution in [-0.2, 0) is 0 Å². The van der Waals surface area contributed by atoms with Gasteiger partial charge in [0.15, 0.2) is 0 Å². The van der Waals surface area contributed by atoms with E-state index in [1.54, 1.807) is 12.1 Å².